The summed E-state index contributed by atoms with van der Waals surface area (Å²) in [6.07, 6.45) is 0. The van der Waals surface area contributed by atoms with Gasteiger partial charge in [0, 0.05) is 0 Å². The largest absolute Gasteiger partial charge is 0.218 e. The highest BCUT2D eigenvalue weighted by Gasteiger charge is 2.20. The first kappa shape index (κ1) is 11.2. The number of nitrogens with one attached hydrogen (secondary N) is 1. The number of rotatable bonds is 3. The molecule has 78 valence electrons. The number of benzene rings is 1. The van der Waals surface area contributed by atoms with Gasteiger partial charge in [-0.3, -0.25) is 0 Å². The van der Waals surface area contributed by atoms with Crippen LogP contribution in [-0.4, -0.2) is 15.5 Å². The van der Waals surface area contributed by atoms with Gasteiger partial charge in [-0.1, -0.05) is 29.8 Å². The minimum atomic E-state index is -3.22. The molecule has 0 amide bonds. The Bertz CT molecular complexity index is 412. The van der Waals surface area contributed by atoms with Gasteiger partial charge >= 0.3 is 0 Å². The SMILES string of the molecule is CNS(=O)(=O)C(C)c1cccc(C)c1. The van der Waals surface area contributed by atoms with E-state index < -0.39 is 15.3 Å². The Hall–Kier alpha value is -0.870. The highest BCUT2D eigenvalue weighted by molar-refractivity contribution is 7.89. The fourth-order valence-corrected chi connectivity index (χ4v) is 2.14. The van der Waals surface area contributed by atoms with Crippen LogP contribution in [0.3, 0.4) is 0 Å². The zero-order chi connectivity index (χ0) is 10.8. The quantitative estimate of drug-likeness (QED) is 0.829. The number of sulfonamides is 1. The van der Waals surface area contributed by atoms with Crippen LogP contribution in [0, 0.1) is 6.92 Å². The maximum Gasteiger partial charge on any atom is 0.218 e. The number of hydrogen-bond acceptors (Lipinski definition) is 2. The van der Waals surface area contributed by atoms with E-state index >= 15 is 0 Å². The van der Waals surface area contributed by atoms with Crippen molar-refractivity contribution in [3.63, 3.8) is 0 Å². The molecule has 1 aromatic carbocycles. The van der Waals surface area contributed by atoms with Crippen molar-refractivity contribution < 1.29 is 8.42 Å². The summed E-state index contributed by atoms with van der Waals surface area (Å²) in [4.78, 5) is 0. The second kappa shape index (κ2) is 4.11. The maximum absolute atomic E-state index is 11.5. The fraction of sp³-hybridized carbons (Fsp3) is 0.400. The van der Waals surface area contributed by atoms with Gasteiger partial charge in [-0.25, -0.2) is 13.1 Å². The third kappa shape index (κ3) is 2.33. The summed E-state index contributed by atoms with van der Waals surface area (Å²) in [5, 5.41) is -0.507. The molecule has 1 unspecified atom stereocenters. The molecule has 3 nitrogen and oxygen atoms in total. The first-order chi connectivity index (χ1) is 6.47. The molecule has 0 fully saturated rings. The molecule has 0 saturated carbocycles. The summed E-state index contributed by atoms with van der Waals surface area (Å²) in [6, 6.07) is 7.53. The Morgan fingerprint density at radius 2 is 2.00 bits per heavy atom. The van der Waals surface area contributed by atoms with Gasteiger partial charge in [0.15, 0.2) is 0 Å². The van der Waals surface area contributed by atoms with Crippen molar-refractivity contribution in [2.75, 3.05) is 7.05 Å². The second-order valence-corrected chi connectivity index (χ2v) is 5.51. The molecular formula is C10H15NO2S. The van der Waals surface area contributed by atoms with Crippen molar-refractivity contribution in [3.05, 3.63) is 35.4 Å². The zero-order valence-electron chi connectivity index (χ0n) is 8.61. The number of aryl methyl sites for hydroxylation is 1. The van der Waals surface area contributed by atoms with Gasteiger partial charge in [0.25, 0.3) is 0 Å². The first-order valence-corrected chi connectivity index (χ1v) is 6.01. The predicted octanol–water partition coefficient (Wildman–Crippen LogP) is 1.61. The standard InChI is InChI=1S/C10H15NO2S/c1-8-5-4-6-10(7-8)9(2)14(12,13)11-3/h4-7,9,11H,1-3H3. The summed E-state index contributed by atoms with van der Waals surface area (Å²) in [5.74, 6) is 0. The van der Waals surface area contributed by atoms with Crippen molar-refractivity contribution in [3.8, 4) is 0 Å². The molecule has 1 N–H and O–H groups in total. The minimum Gasteiger partial charge on any atom is -0.218 e. The Morgan fingerprint density at radius 1 is 1.36 bits per heavy atom. The van der Waals surface area contributed by atoms with Crippen LogP contribution in [0.15, 0.2) is 24.3 Å². The molecule has 0 bridgehead atoms. The third-order valence-electron chi connectivity index (χ3n) is 2.26. The Kier molecular flexibility index (Phi) is 3.29. The van der Waals surface area contributed by atoms with Crippen molar-refractivity contribution in [1.82, 2.24) is 4.72 Å². The summed E-state index contributed by atoms with van der Waals surface area (Å²) < 4.78 is 25.3. The van der Waals surface area contributed by atoms with Gasteiger partial charge in [-0.2, -0.15) is 0 Å². The van der Waals surface area contributed by atoms with E-state index in [0.29, 0.717) is 0 Å². The average Bonchev–Trinajstić information content (AvgIpc) is 2.16. The Morgan fingerprint density at radius 3 is 2.50 bits per heavy atom. The zero-order valence-corrected chi connectivity index (χ0v) is 9.43. The molecule has 0 heterocycles. The monoisotopic (exact) mass is 213 g/mol. The molecule has 0 aliphatic carbocycles. The lowest BCUT2D eigenvalue weighted by Crippen LogP contribution is -2.24. The van der Waals surface area contributed by atoms with Gasteiger partial charge in [-0.05, 0) is 26.5 Å². The molecule has 0 aliphatic heterocycles. The summed E-state index contributed by atoms with van der Waals surface area (Å²) in [5.41, 5.74) is 1.89. The van der Waals surface area contributed by atoms with E-state index in [4.69, 9.17) is 0 Å². The molecule has 0 saturated heterocycles. The van der Waals surface area contributed by atoms with E-state index in [2.05, 4.69) is 4.72 Å². The van der Waals surface area contributed by atoms with E-state index in [1.54, 1.807) is 6.92 Å². The summed E-state index contributed by atoms with van der Waals surface area (Å²) in [7, 11) is -1.79. The Balaban J connectivity index is 3.07. The summed E-state index contributed by atoms with van der Waals surface area (Å²) >= 11 is 0. The highest BCUT2D eigenvalue weighted by atomic mass is 32.2. The lowest BCUT2D eigenvalue weighted by Gasteiger charge is -2.12. The molecule has 1 aromatic rings. The average molecular weight is 213 g/mol. The molecule has 4 heteroatoms. The molecule has 1 rings (SSSR count). The lowest BCUT2D eigenvalue weighted by atomic mass is 10.1. The number of hydrogen-bond donors (Lipinski definition) is 1. The van der Waals surface area contributed by atoms with Crippen LogP contribution in [0.1, 0.15) is 23.3 Å². The fourth-order valence-electron chi connectivity index (χ4n) is 1.28. The van der Waals surface area contributed by atoms with E-state index in [1.807, 2.05) is 31.2 Å². The van der Waals surface area contributed by atoms with Gasteiger partial charge in [0.05, 0.1) is 5.25 Å². The van der Waals surface area contributed by atoms with Crippen LogP contribution in [0.25, 0.3) is 0 Å². The van der Waals surface area contributed by atoms with Gasteiger partial charge in [0.2, 0.25) is 10.0 Å². The molecule has 1 atom stereocenters. The second-order valence-electron chi connectivity index (χ2n) is 3.31. The van der Waals surface area contributed by atoms with Crippen molar-refractivity contribution >= 4 is 10.0 Å². The molecule has 0 radical (unpaired) electrons. The molecule has 14 heavy (non-hydrogen) atoms. The lowest BCUT2D eigenvalue weighted by molar-refractivity contribution is 0.578. The van der Waals surface area contributed by atoms with E-state index in [0.717, 1.165) is 11.1 Å². The van der Waals surface area contributed by atoms with Crippen molar-refractivity contribution in [2.24, 2.45) is 0 Å². The maximum atomic E-state index is 11.5. The first-order valence-electron chi connectivity index (χ1n) is 4.46. The molecular weight excluding hydrogens is 198 g/mol. The van der Waals surface area contributed by atoms with Crippen LogP contribution in [0.4, 0.5) is 0 Å². The molecule has 0 aromatic heterocycles. The molecule has 0 spiro atoms. The predicted molar refractivity (Wildman–Crippen MR) is 57.6 cm³/mol. The molecule has 0 aliphatic rings. The van der Waals surface area contributed by atoms with E-state index in [9.17, 15) is 8.42 Å². The van der Waals surface area contributed by atoms with Crippen molar-refractivity contribution in [2.45, 2.75) is 19.1 Å². The van der Waals surface area contributed by atoms with Gasteiger partial charge < -0.3 is 0 Å². The van der Waals surface area contributed by atoms with Gasteiger partial charge in [0.1, 0.15) is 0 Å². The van der Waals surface area contributed by atoms with Crippen LogP contribution in [0.5, 0.6) is 0 Å². The highest BCUT2D eigenvalue weighted by Crippen LogP contribution is 2.20. The van der Waals surface area contributed by atoms with Crippen LogP contribution in [0.2, 0.25) is 0 Å². The van der Waals surface area contributed by atoms with Crippen molar-refractivity contribution in [1.29, 1.82) is 0 Å². The minimum absolute atomic E-state index is 0.507. The topological polar surface area (TPSA) is 46.2 Å². The summed E-state index contributed by atoms with van der Waals surface area (Å²) in [6.45, 7) is 3.63. The van der Waals surface area contributed by atoms with E-state index in [1.165, 1.54) is 7.05 Å². The van der Waals surface area contributed by atoms with Crippen LogP contribution >= 0.6 is 0 Å². The smallest absolute Gasteiger partial charge is 0.218 e. The Labute approximate surface area is 85.2 Å². The van der Waals surface area contributed by atoms with Crippen LogP contribution in [-0.2, 0) is 10.0 Å². The van der Waals surface area contributed by atoms with E-state index in [-0.39, 0.29) is 0 Å². The third-order valence-corrected chi connectivity index (χ3v) is 4.03. The normalized spacial score (nSPS) is 13.9. The van der Waals surface area contributed by atoms with Crippen LogP contribution < -0.4 is 4.72 Å². The van der Waals surface area contributed by atoms with Gasteiger partial charge in [-0.15, -0.1) is 0 Å².